The van der Waals surface area contributed by atoms with Crippen molar-refractivity contribution in [2.75, 3.05) is 0 Å². The van der Waals surface area contributed by atoms with Crippen molar-refractivity contribution in [2.45, 2.75) is 46.1 Å². The summed E-state index contributed by atoms with van der Waals surface area (Å²) in [4.78, 5) is 31.1. The van der Waals surface area contributed by atoms with Gasteiger partial charge >= 0.3 is 0 Å². The van der Waals surface area contributed by atoms with Gasteiger partial charge in [0.15, 0.2) is 4.96 Å². The van der Waals surface area contributed by atoms with Gasteiger partial charge in [0.25, 0.3) is 5.56 Å². The van der Waals surface area contributed by atoms with Crippen molar-refractivity contribution in [2.24, 2.45) is 0 Å². The molecule has 0 atom stereocenters. The van der Waals surface area contributed by atoms with Gasteiger partial charge in [0.1, 0.15) is 5.69 Å². The Morgan fingerprint density at radius 2 is 2.03 bits per heavy atom. The molecule has 0 unspecified atom stereocenters. The van der Waals surface area contributed by atoms with Gasteiger partial charge < -0.3 is 5.32 Å². The lowest BCUT2D eigenvalue weighted by atomic mass is 10.1. The van der Waals surface area contributed by atoms with Crippen LogP contribution < -0.4 is 10.9 Å². The Kier molecular flexibility index (Phi) is 4.74. The van der Waals surface area contributed by atoms with Crippen LogP contribution in [0.5, 0.6) is 0 Å². The average molecular weight is 434 g/mol. The second-order valence-electron chi connectivity index (χ2n) is 8.16. The highest BCUT2D eigenvalue weighted by atomic mass is 32.1. The van der Waals surface area contributed by atoms with E-state index in [9.17, 15) is 9.59 Å². The number of carbonyl (C=O) groups excluding carboxylic acids is 1. The number of amides is 1. The highest BCUT2D eigenvalue weighted by Crippen LogP contribution is 2.24. The maximum absolute atomic E-state index is 13.5. The number of thiazole rings is 1. The highest BCUT2D eigenvalue weighted by molar-refractivity contribution is 7.15. The molecule has 7 nitrogen and oxygen atoms in total. The zero-order valence-electron chi connectivity index (χ0n) is 17.7. The molecule has 4 aromatic rings. The number of carbonyl (C=O) groups is 1. The first kappa shape index (κ1) is 19.7. The molecule has 1 amide bonds. The van der Waals surface area contributed by atoms with Gasteiger partial charge in [0, 0.05) is 22.8 Å². The fraction of sp³-hybridized carbons (Fsp3) is 0.304. The Morgan fingerprint density at radius 1 is 1.23 bits per heavy atom. The summed E-state index contributed by atoms with van der Waals surface area (Å²) in [7, 11) is 0. The molecule has 3 heterocycles. The molecule has 1 aromatic carbocycles. The summed E-state index contributed by atoms with van der Waals surface area (Å²) in [5.74, 6) is -0.0594. The number of nitrogens with one attached hydrogen (secondary N) is 1. The third-order valence-corrected chi connectivity index (χ3v) is 6.37. The first-order valence-electron chi connectivity index (χ1n) is 10.3. The van der Waals surface area contributed by atoms with E-state index >= 15 is 0 Å². The van der Waals surface area contributed by atoms with Gasteiger partial charge in [0.05, 0.1) is 23.4 Å². The number of fused-ring (bicyclic) bond motifs is 1. The van der Waals surface area contributed by atoms with Crippen LogP contribution in [-0.4, -0.2) is 31.1 Å². The predicted octanol–water partition coefficient (Wildman–Crippen LogP) is 3.36. The van der Waals surface area contributed by atoms with Gasteiger partial charge in [-0.1, -0.05) is 12.1 Å². The summed E-state index contributed by atoms with van der Waals surface area (Å²) >= 11 is 1.38. The lowest BCUT2D eigenvalue weighted by Gasteiger charge is -2.07. The fourth-order valence-electron chi connectivity index (χ4n) is 3.81. The van der Waals surface area contributed by atoms with E-state index < -0.39 is 0 Å². The quantitative estimate of drug-likeness (QED) is 0.523. The number of nitrogens with zero attached hydrogens (tertiary/aromatic N) is 4. The molecule has 1 fully saturated rings. The smallest absolute Gasteiger partial charge is 0.268 e. The molecule has 158 valence electrons. The van der Waals surface area contributed by atoms with Crippen LogP contribution in [0.2, 0.25) is 0 Å². The number of benzene rings is 1. The summed E-state index contributed by atoms with van der Waals surface area (Å²) in [6.07, 6.45) is 2.23. The topological polar surface area (TPSA) is 81.3 Å². The lowest BCUT2D eigenvalue weighted by molar-refractivity contribution is -0.120. The lowest BCUT2D eigenvalue weighted by Crippen LogP contribution is -2.29. The van der Waals surface area contributed by atoms with Crippen molar-refractivity contribution < 1.29 is 4.79 Å². The van der Waals surface area contributed by atoms with Gasteiger partial charge in [-0.15, -0.1) is 11.3 Å². The minimum atomic E-state index is -0.188. The number of hydrogen-bond donors (Lipinski definition) is 1. The van der Waals surface area contributed by atoms with Gasteiger partial charge in [-0.05, 0) is 57.4 Å². The van der Waals surface area contributed by atoms with Crippen LogP contribution in [-0.2, 0) is 11.2 Å². The summed E-state index contributed by atoms with van der Waals surface area (Å²) < 4.78 is 3.40. The van der Waals surface area contributed by atoms with Crippen molar-refractivity contribution >= 4 is 22.2 Å². The number of aromatic nitrogens is 4. The van der Waals surface area contributed by atoms with Crippen molar-refractivity contribution in [3.05, 3.63) is 68.7 Å². The van der Waals surface area contributed by atoms with Crippen LogP contribution in [0.3, 0.4) is 0 Å². The van der Waals surface area contributed by atoms with Gasteiger partial charge in [0.2, 0.25) is 5.91 Å². The van der Waals surface area contributed by atoms with Crippen molar-refractivity contribution in [3.8, 4) is 16.9 Å². The zero-order valence-corrected chi connectivity index (χ0v) is 18.5. The Balaban J connectivity index is 1.58. The molecule has 0 spiro atoms. The molecule has 1 saturated carbocycles. The van der Waals surface area contributed by atoms with Crippen molar-refractivity contribution in [1.29, 1.82) is 0 Å². The van der Waals surface area contributed by atoms with Crippen LogP contribution in [0.1, 0.15) is 35.5 Å². The van der Waals surface area contributed by atoms with E-state index in [0.29, 0.717) is 33.6 Å². The van der Waals surface area contributed by atoms with E-state index in [1.807, 2.05) is 55.1 Å². The minimum absolute atomic E-state index is 0.0594. The Bertz CT molecular complexity index is 1380. The summed E-state index contributed by atoms with van der Waals surface area (Å²) in [6.45, 7) is 5.84. The fourth-order valence-corrected chi connectivity index (χ4v) is 4.74. The molecular weight excluding hydrogens is 410 g/mol. The summed E-state index contributed by atoms with van der Waals surface area (Å²) in [5, 5.41) is 9.55. The molecule has 1 N–H and O–H groups in total. The van der Waals surface area contributed by atoms with Crippen LogP contribution >= 0.6 is 11.3 Å². The third-order valence-electron chi connectivity index (χ3n) is 5.49. The van der Waals surface area contributed by atoms with Gasteiger partial charge in [-0.3, -0.25) is 14.0 Å². The second-order valence-corrected chi connectivity index (χ2v) is 9.00. The van der Waals surface area contributed by atoms with E-state index in [2.05, 4.69) is 16.4 Å². The van der Waals surface area contributed by atoms with E-state index in [0.717, 1.165) is 29.8 Å². The molecule has 1 aliphatic carbocycles. The zero-order chi connectivity index (χ0) is 21.7. The molecule has 0 saturated heterocycles. The van der Waals surface area contributed by atoms with Gasteiger partial charge in [-0.25, -0.2) is 9.67 Å². The first-order valence-corrected chi connectivity index (χ1v) is 11.2. The van der Waals surface area contributed by atoms with E-state index in [1.165, 1.54) is 11.3 Å². The van der Waals surface area contributed by atoms with E-state index in [1.54, 1.807) is 4.40 Å². The molecule has 0 aliphatic heterocycles. The third kappa shape index (κ3) is 3.67. The first-order chi connectivity index (χ1) is 14.9. The molecule has 31 heavy (non-hydrogen) atoms. The van der Waals surface area contributed by atoms with Crippen LogP contribution in [0.15, 0.2) is 40.5 Å². The predicted molar refractivity (Wildman–Crippen MR) is 121 cm³/mol. The number of hydrogen-bond acceptors (Lipinski definition) is 5. The summed E-state index contributed by atoms with van der Waals surface area (Å²) in [5.41, 5.74) is 5.17. The normalized spacial score (nSPS) is 13.6. The Labute approximate surface area is 183 Å². The second kappa shape index (κ2) is 7.46. The van der Waals surface area contributed by atoms with Crippen molar-refractivity contribution in [3.63, 3.8) is 0 Å². The maximum Gasteiger partial charge on any atom is 0.268 e. The van der Waals surface area contributed by atoms with Gasteiger partial charge in [-0.2, -0.15) is 5.10 Å². The Hall–Kier alpha value is -3.26. The van der Waals surface area contributed by atoms with Crippen LogP contribution in [0.25, 0.3) is 21.9 Å². The Morgan fingerprint density at radius 3 is 2.77 bits per heavy atom. The maximum atomic E-state index is 13.5. The average Bonchev–Trinajstić information content (AvgIpc) is 3.31. The molecule has 8 heteroatoms. The van der Waals surface area contributed by atoms with Crippen LogP contribution in [0.4, 0.5) is 0 Å². The minimum Gasteiger partial charge on any atom is -0.353 e. The molecule has 0 radical (unpaired) electrons. The number of rotatable bonds is 5. The summed E-state index contributed by atoms with van der Waals surface area (Å²) in [6, 6.07) is 10.3. The number of aryl methyl sites for hydroxylation is 3. The highest BCUT2D eigenvalue weighted by Gasteiger charge is 2.24. The SMILES string of the molecule is Cc1cccc(-n2nc(-c3c(C)nc4scc(CC(=O)NC5CC5)n4c3=O)cc2C)c1. The molecular formula is C23H23N5O2S. The molecule has 0 bridgehead atoms. The van der Waals surface area contributed by atoms with Crippen molar-refractivity contribution in [1.82, 2.24) is 24.5 Å². The monoisotopic (exact) mass is 433 g/mol. The van der Waals surface area contributed by atoms with E-state index in [-0.39, 0.29) is 17.9 Å². The van der Waals surface area contributed by atoms with E-state index in [4.69, 9.17) is 5.10 Å². The molecule has 5 rings (SSSR count). The molecule has 1 aliphatic rings. The standard InChI is InChI=1S/C23H23N5O2S/c1-13-5-4-6-17(9-13)28-14(2)10-19(26-28)21-15(3)24-23-27(22(21)30)18(12-31-23)11-20(29)25-16-7-8-16/h4-6,9-10,12,16H,7-8,11H2,1-3H3,(H,25,29). The molecule has 3 aromatic heterocycles. The largest absolute Gasteiger partial charge is 0.353 e. The van der Waals surface area contributed by atoms with Crippen LogP contribution in [0, 0.1) is 20.8 Å².